The lowest BCUT2D eigenvalue weighted by molar-refractivity contribution is 0.294. The maximum absolute atomic E-state index is 5.38. The molecule has 0 atom stereocenters. The highest BCUT2D eigenvalue weighted by atomic mass is 16.5. The Bertz CT molecular complexity index is 340. The molecule has 0 aliphatic heterocycles. The molecular formula is C12H21N3O. The van der Waals surface area contributed by atoms with Crippen molar-refractivity contribution in [1.82, 2.24) is 15.5 Å². The first-order valence-corrected chi connectivity index (χ1v) is 6.17. The first-order valence-electron chi connectivity index (χ1n) is 6.17. The minimum atomic E-state index is 0.128. The molecule has 1 heterocycles. The minimum Gasteiger partial charge on any atom is -0.339 e. The largest absolute Gasteiger partial charge is 0.339 e. The van der Waals surface area contributed by atoms with Crippen molar-refractivity contribution in [3.05, 3.63) is 11.7 Å². The quantitative estimate of drug-likeness (QED) is 0.851. The molecule has 0 saturated heterocycles. The Labute approximate surface area is 96.8 Å². The average molecular weight is 223 g/mol. The van der Waals surface area contributed by atoms with Crippen molar-refractivity contribution >= 4 is 0 Å². The van der Waals surface area contributed by atoms with E-state index in [9.17, 15) is 0 Å². The van der Waals surface area contributed by atoms with Crippen LogP contribution >= 0.6 is 0 Å². The van der Waals surface area contributed by atoms with E-state index in [-0.39, 0.29) is 5.41 Å². The van der Waals surface area contributed by atoms with Gasteiger partial charge in [0.15, 0.2) is 5.82 Å². The maximum Gasteiger partial charge on any atom is 0.232 e. The van der Waals surface area contributed by atoms with Gasteiger partial charge in [-0.3, -0.25) is 0 Å². The second kappa shape index (κ2) is 4.53. The van der Waals surface area contributed by atoms with Crippen molar-refractivity contribution in [3.63, 3.8) is 0 Å². The standard InChI is InChI=1S/C12H21N3O/c1-9(2)13-8-10-14-11(16-15-10)12(3)6-4-5-7-12/h9,13H,4-8H2,1-3H3. The smallest absolute Gasteiger partial charge is 0.232 e. The normalized spacial score (nSPS) is 19.5. The van der Waals surface area contributed by atoms with Gasteiger partial charge in [0.1, 0.15) is 0 Å². The summed E-state index contributed by atoms with van der Waals surface area (Å²) in [6.45, 7) is 7.14. The molecule has 0 aromatic carbocycles. The van der Waals surface area contributed by atoms with Gasteiger partial charge in [-0.2, -0.15) is 4.98 Å². The first kappa shape index (κ1) is 11.6. The molecule has 1 aromatic rings. The van der Waals surface area contributed by atoms with E-state index in [0.717, 1.165) is 11.7 Å². The lowest BCUT2D eigenvalue weighted by atomic mass is 9.89. The fourth-order valence-corrected chi connectivity index (χ4v) is 2.24. The van der Waals surface area contributed by atoms with E-state index >= 15 is 0 Å². The van der Waals surface area contributed by atoms with Crippen LogP contribution < -0.4 is 5.32 Å². The van der Waals surface area contributed by atoms with Crippen LogP contribution in [0.5, 0.6) is 0 Å². The molecule has 1 aliphatic carbocycles. The fraction of sp³-hybridized carbons (Fsp3) is 0.833. The average Bonchev–Trinajstić information content (AvgIpc) is 2.84. The van der Waals surface area contributed by atoms with Gasteiger partial charge in [-0.25, -0.2) is 0 Å². The highest BCUT2D eigenvalue weighted by Gasteiger charge is 2.35. The van der Waals surface area contributed by atoms with Crippen LogP contribution in [0.3, 0.4) is 0 Å². The SMILES string of the molecule is CC(C)NCc1noc(C2(C)CCCC2)n1. The zero-order chi connectivity index (χ0) is 11.6. The predicted molar refractivity (Wildman–Crippen MR) is 62.1 cm³/mol. The van der Waals surface area contributed by atoms with Crippen LogP contribution in [-0.2, 0) is 12.0 Å². The van der Waals surface area contributed by atoms with Crippen molar-refractivity contribution in [2.75, 3.05) is 0 Å². The first-order chi connectivity index (χ1) is 7.60. The Morgan fingerprint density at radius 1 is 1.38 bits per heavy atom. The third-order valence-corrected chi connectivity index (χ3v) is 3.36. The summed E-state index contributed by atoms with van der Waals surface area (Å²) < 4.78 is 5.38. The Kier molecular flexibility index (Phi) is 3.28. The van der Waals surface area contributed by atoms with E-state index < -0.39 is 0 Å². The molecule has 0 unspecified atom stereocenters. The van der Waals surface area contributed by atoms with E-state index in [1.54, 1.807) is 0 Å². The van der Waals surface area contributed by atoms with Gasteiger partial charge in [-0.15, -0.1) is 0 Å². The van der Waals surface area contributed by atoms with Crippen molar-refractivity contribution in [3.8, 4) is 0 Å². The van der Waals surface area contributed by atoms with Gasteiger partial charge in [0.25, 0.3) is 0 Å². The van der Waals surface area contributed by atoms with Gasteiger partial charge in [-0.1, -0.05) is 38.8 Å². The zero-order valence-corrected chi connectivity index (χ0v) is 10.4. The molecule has 4 nitrogen and oxygen atoms in total. The van der Waals surface area contributed by atoms with E-state index in [0.29, 0.717) is 12.6 Å². The lowest BCUT2D eigenvalue weighted by Crippen LogP contribution is -2.23. The van der Waals surface area contributed by atoms with Gasteiger partial charge in [0.05, 0.1) is 6.54 Å². The summed E-state index contributed by atoms with van der Waals surface area (Å²) in [5, 5.41) is 7.32. The monoisotopic (exact) mass is 223 g/mol. The van der Waals surface area contributed by atoms with E-state index in [4.69, 9.17) is 4.52 Å². The molecule has 1 saturated carbocycles. The highest BCUT2D eigenvalue weighted by Crippen LogP contribution is 2.39. The van der Waals surface area contributed by atoms with E-state index in [1.807, 2.05) is 0 Å². The second-order valence-corrected chi connectivity index (χ2v) is 5.32. The van der Waals surface area contributed by atoms with Crippen LogP contribution in [0.1, 0.15) is 58.2 Å². The number of hydrogen-bond acceptors (Lipinski definition) is 4. The summed E-state index contributed by atoms with van der Waals surface area (Å²) >= 11 is 0. The predicted octanol–water partition coefficient (Wildman–Crippen LogP) is 2.40. The molecule has 0 bridgehead atoms. The molecular weight excluding hydrogens is 202 g/mol. The van der Waals surface area contributed by atoms with Crippen LogP contribution in [0.25, 0.3) is 0 Å². The van der Waals surface area contributed by atoms with E-state index in [1.165, 1.54) is 25.7 Å². The van der Waals surface area contributed by atoms with Crippen LogP contribution in [-0.4, -0.2) is 16.2 Å². The molecule has 0 amide bonds. The molecule has 2 rings (SSSR count). The number of hydrogen-bond donors (Lipinski definition) is 1. The van der Waals surface area contributed by atoms with Crippen LogP contribution in [0.4, 0.5) is 0 Å². The molecule has 90 valence electrons. The molecule has 16 heavy (non-hydrogen) atoms. The Hall–Kier alpha value is -0.900. The van der Waals surface area contributed by atoms with Gasteiger partial charge in [0.2, 0.25) is 5.89 Å². The lowest BCUT2D eigenvalue weighted by Gasteiger charge is -2.16. The summed E-state index contributed by atoms with van der Waals surface area (Å²) in [7, 11) is 0. The summed E-state index contributed by atoms with van der Waals surface area (Å²) in [4.78, 5) is 4.50. The molecule has 1 fully saturated rings. The molecule has 1 aromatic heterocycles. The number of nitrogens with one attached hydrogen (secondary N) is 1. The topological polar surface area (TPSA) is 51.0 Å². The second-order valence-electron chi connectivity index (χ2n) is 5.32. The van der Waals surface area contributed by atoms with Crippen LogP contribution in [0.15, 0.2) is 4.52 Å². The molecule has 1 N–H and O–H groups in total. The van der Waals surface area contributed by atoms with Crippen LogP contribution in [0.2, 0.25) is 0 Å². The number of nitrogens with zero attached hydrogens (tertiary/aromatic N) is 2. The van der Waals surface area contributed by atoms with E-state index in [2.05, 4.69) is 36.2 Å². The fourth-order valence-electron chi connectivity index (χ4n) is 2.24. The Morgan fingerprint density at radius 2 is 2.06 bits per heavy atom. The van der Waals surface area contributed by atoms with Crippen molar-refractivity contribution in [1.29, 1.82) is 0 Å². The molecule has 0 radical (unpaired) electrons. The number of rotatable bonds is 4. The van der Waals surface area contributed by atoms with Gasteiger partial charge < -0.3 is 9.84 Å². The van der Waals surface area contributed by atoms with Crippen molar-refractivity contribution in [2.24, 2.45) is 0 Å². The highest BCUT2D eigenvalue weighted by molar-refractivity contribution is 5.05. The van der Waals surface area contributed by atoms with Gasteiger partial charge in [0, 0.05) is 11.5 Å². The van der Waals surface area contributed by atoms with Gasteiger partial charge >= 0.3 is 0 Å². The Morgan fingerprint density at radius 3 is 2.69 bits per heavy atom. The third-order valence-electron chi connectivity index (χ3n) is 3.36. The zero-order valence-electron chi connectivity index (χ0n) is 10.4. The van der Waals surface area contributed by atoms with Crippen LogP contribution in [0, 0.1) is 0 Å². The third kappa shape index (κ3) is 2.43. The van der Waals surface area contributed by atoms with Gasteiger partial charge in [-0.05, 0) is 12.8 Å². The summed E-state index contributed by atoms with van der Waals surface area (Å²) in [5.41, 5.74) is 0.128. The minimum absolute atomic E-state index is 0.128. The summed E-state index contributed by atoms with van der Waals surface area (Å²) in [5.74, 6) is 1.60. The Balaban J connectivity index is 2.01. The summed E-state index contributed by atoms with van der Waals surface area (Å²) in [6.07, 6.45) is 4.90. The van der Waals surface area contributed by atoms with Crippen molar-refractivity contribution in [2.45, 2.75) is 64.5 Å². The number of aromatic nitrogens is 2. The van der Waals surface area contributed by atoms with Crippen molar-refractivity contribution < 1.29 is 4.52 Å². The molecule has 0 spiro atoms. The molecule has 4 heteroatoms. The summed E-state index contributed by atoms with van der Waals surface area (Å²) in [6, 6.07) is 0.448. The maximum atomic E-state index is 5.38. The molecule has 1 aliphatic rings.